The number of nitrogens with one attached hydrogen (secondary N) is 1. The highest BCUT2D eigenvalue weighted by Gasteiger charge is 2.11. The third-order valence-electron chi connectivity index (χ3n) is 3.85. The fraction of sp³-hybridized carbons (Fsp3) is 0.579. The summed E-state index contributed by atoms with van der Waals surface area (Å²) in [6, 6.07) is 7.69. The molecule has 122 valence electrons. The van der Waals surface area contributed by atoms with Crippen molar-refractivity contribution in [1.82, 2.24) is 5.32 Å². The van der Waals surface area contributed by atoms with E-state index in [0.29, 0.717) is 5.56 Å². The van der Waals surface area contributed by atoms with Crippen molar-refractivity contribution in [2.75, 3.05) is 0 Å². The van der Waals surface area contributed by atoms with Gasteiger partial charge in [-0.15, -0.1) is 0 Å². The van der Waals surface area contributed by atoms with Gasteiger partial charge in [-0.3, -0.25) is 9.59 Å². The first-order valence-corrected chi connectivity index (χ1v) is 8.42. The van der Waals surface area contributed by atoms with Gasteiger partial charge in [-0.05, 0) is 20.3 Å². The van der Waals surface area contributed by atoms with Crippen LogP contribution in [0.15, 0.2) is 24.3 Å². The number of hydrogen-bond donors (Lipinski definition) is 1. The van der Waals surface area contributed by atoms with Crippen LogP contribution in [0.4, 0.5) is 0 Å². The second-order valence-electron chi connectivity index (χ2n) is 6.11. The Balaban J connectivity index is 2.24. The Morgan fingerprint density at radius 1 is 1.05 bits per heavy atom. The van der Waals surface area contributed by atoms with Crippen molar-refractivity contribution in [3.63, 3.8) is 0 Å². The van der Waals surface area contributed by atoms with Crippen LogP contribution in [0.25, 0.3) is 0 Å². The Morgan fingerprint density at radius 3 is 2.36 bits per heavy atom. The van der Waals surface area contributed by atoms with E-state index in [-0.39, 0.29) is 30.6 Å². The Morgan fingerprint density at radius 2 is 1.73 bits per heavy atom. The van der Waals surface area contributed by atoms with E-state index in [4.69, 9.17) is 0 Å². The predicted molar refractivity (Wildman–Crippen MR) is 91.1 cm³/mol. The minimum atomic E-state index is -0.0246. The van der Waals surface area contributed by atoms with E-state index in [1.807, 2.05) is 38.1 Å². The van der Waals surface area contributed by atoms with Crippen LogP contribution in [-0.4, -0.2) is 17.7 Å². The van der Waals surface area contributed by atoms with Crippen LogP contribution >= 0.6 is 0 Å². The summed E-state index contributed by atoms with van der Waals surface area (Å²) < 4.78 is 0. The molecule has 1 aromatic rings. The van der Waals surface area contributed by atoms with Gasteiger partial charge in [0.05, 0.1) is 0 Å². The van der Waals surface area contributed by atoms with Crippen LogP contribution in [0.2, 0.25) is 0 Å². The lowest BCUT2D eigenvalue weighted by Crippen LogP contribution is -2.32. The molecule has 0 bridgehead atoms. The fourth-order valence-corrected chi connectivity index (χ4v) is 2.41. The quantitative estimate of drug-likeness (QED) is 0.513. The number of amides is 1. The molecule has 1 rings (SSSR count). The van der Waals surface area contributed by atoms with Crippen LogP contribution in [0.3, 0.4) is 0 Å². The number of carbonyl (C=O) groups excluding carboxylic acids is 2. The molecular formula is C19H29NO2. The van der Waals surface area contributed by atoms with E-state index in [9.17, 15) is 9.59 Å². The lowest BCUT2D eigenvalue weighted by Gasteiger charge is -2.13. The molecule has 0 aromatic heterocycles. The number of aryl methyl sites for hydroxylation is 1. The first-order chi connectivity index (χ1) is 10.5. The Labute approximate surface area is 134 Å². The second kappa shape index (κ2) is 10.1. The number of ketones is 1. The van der Waals surface area contributed by atoms with Crippen molar-refractivity contribution in [1.29, 1.82) is 0 Å². The zero-order valence-electron chi connectivity index (χ0n) is 14.2. The topological polar surface area (TPSA) is 46.2 Å². The molecule has 1 N–H and O–H groups in total. The van der Waals surface area contributed by atoms with Crippen molar-refractivity contribution in [2.45, 2.75) is 71.8 Å². The molecule has 1 atom stereocenters. The van der Waals surface area contributed by atoms with Crippen LogP contribution in [0.5, 0.6) is 0 Å². The average Bonchev–Trinajstić information content (AvgIpc) is 2.50. The van der Waals surface area contributed by atoms with Crippen molar-refractivity contribution in [2.24, 2.45) is 0 Å². The minimum absolute atomic E-state index is 0.0246. The zero-order valence-corrected chi connectivity index (χ0v) is 14.2. The van der Waals surface area contributed by atoms with Crippen molar-refractivity contribution < 1.29 is 9.59 Å². The SMILES string of the molecule is CCCCCCC(C)NC(=O)CCC(=O)c1ccc(C)cc1. The largest absolute Gasteiger partial charge is 0.354 e. The molecule has 3 nitrogen and oxygen atoms in total. The van der Waals surface area contributed by atoms with E-state index >= 15 is 0 Å². The Hall–Kier alpha value is -1.64. The van der Waals surface area contributed by atoms with Crippen molar-refractivity contribution in [3.05, 3.63) is 35.4 Å². The third-order valence-corrected chi connectivity index (χ3v) is 3.85. The van der Waals surface area contributed by atoms with Gasteiger partial charge in [0.15, 0.2) is 5.78 Å². The number of carbonyl (C=O) groups is 2. The van der Waals surface area contributed by atoms with Gasteiger partial charge in [0.1, 0.15) is 0 Å². The molecule has 0 saturated heterocycles. The summed E-state index contributed by atoms with van der Waals surface area (Å²) in [5.74, 6) is 0.00852. The summed E-state index contributed by atoms with van der Waals surface area (Å²) in [5.41, 5.74) is 1.82. The van der Waals surface area contributed by atoms with E-state index in [1.165, 1.54) is 19.3 Å². The molecule has 1 unspecified atom stereocenters. The van der Waals surface area contributed by atoms with Crippen molar-refractivity contribution >= 4 is 11.7 Å². The average molecular weight is 303 g/mol. The molecule has 0 saturated carbocycles. The molecule has 22 heavy (non-hydrogen) atoms. The lowest BCUT2D eigenvalue weighted by atomic mass is 10.0. The summed E-state index contributed by atoms with van der Waals surface area (Å²) in [5, 5.41) is 2.98. The number of hydrogen-bond acceptors (Lipinski definition) is 2. The maximum atomic E-state index is 12.0. The van der Waals surface area contributed by atoms with Gasteiger partial charge >= 0.3 is 0 Å². The van der Waals surface area contributed by atoms with Gasteiger partial charge in [-0.2, -0.15) is 0 Å². The van der Waals surface area contributed by atoms with Gasteiger partial charge < -0.3 is 5.32 Å². The molecule has 0 aliphatic heterocycles. The summed E-state index contributed by atoms with van der Waals surface area (Å²) in [7, 11) is 0. The lowest BCUT2D eigenvalue weighted by molar-refractivity contribution is -0.121. The summed E-state index contributed by atoms with van der Waals surface area (Å²) >= 11 is 0. The highest BCUT2D eigenvalue weighted by molar-refractivity contribution is 5.97. The first kappa shape index (κ1) is 18.4. The maximum Gasteiger partial charge on any atom is 0.220 e. The van der Waals surface area contributed by atoms with Gasteiger partial charge in [-0.1, -0.05) is 62.4 Å². The number of benzene rings is 1. The highest BCUT2D eigenvalue weighted by atomic mass is 16.2. The molecule has 0 heterocycles. The van der Waals surface area contributed by atoms with E-state index in [0.717, 1.165) is 18.4 Å². The normalized spacial score (nSPS) is 12.0. The summed E-state index contributed by atoms with van der Waals surface area (Å²) in [6.07, 6.45) is 6.41. The van der Waals surface area contributed by atoms with Crippen LogP contribution in [-0.2, 0) is 4.79 Å². The molecule has 3 heteroatoms. The number of Topliss-reactive ketones (excluding diaryl/α,β-unsaturated/α-hetero) is 1. The van der Waals surface area contributed by atoms with E-state index in [1.54, 1.807) is 0 Å². The molecule has 0 spiro atoms. The van der Waals surface area contributed by atoms with Gasteiger partial charge in [-0.25, -0.2) is 0 Å². The zero-order chi connectivity index (χ0) is 16.4. The first-order valence-electron chi connectivity index (χ1n) is 8.42. The minimum Gasteiger partial charge on any atom is -0.354 e. The third kappa shape index (κ3) is 7.39. The monoisotopic (exact) mass is 303 g/mol. The maximum absolute atomic E-state index is 12.0. The molecule has 0 radical (unpaired) electrons. The molecular weight excluding hydrogens is 274 g/mol. The molecule has 0 fully saturated rings. The Kier molecular flexibility index (Phi) is 8.49. The summed E-state index contributed by atoms with van der Waals surface area (Å²) in [6.45, 7) is 6.21. The standard InChI is InChI=1S/C19H29NO2/c1-4-5-6-7-8-16(3)20-19(22)14-13-18(21)17-11-9-15(2)10-12-17/h9-12,16H,4-8,13-14H2,1-3H3,(H,20,22). The molecule has 0 aliphatic carbocycles. The van der Waals surface area contributed by atoms with Gasteiger partial charge in [0, 0.05) is 24.4 Å². The van der Waals surface area contributed by atoms with Gasteiger partial charge in [0.25, 0.3) is 0 Å². The number of unbranched alkanes of at least 4 members (excludes halogenated alkanes) is 3. The predicted octanol–water partition coefficient (Wildman–Crippen LogP) is 4.43. The van der Waals surface area contributed by atoms with Crippen LogP contribution in [0, 0.1) is 6.92 Å². The highest BCUT2D eigenvalue weighted by Crippen LogP contribution is 2.09. The van der Waals surface area contributed by atoms with E-state index in [2.05, 4.69) is 12.2 Å². The molecule has 1 amide bonds. The van der Waals surface area contributed by atoms with Crippen molar-refractivity contribution in [3.8, 4) is 0 Å². The second-order valence-corrected chi connectivity index (χ2v) is 6.11. The van der Waals surface area contributed by atoms with E-state index < -0.39 is 0 Å². The summed E-state index contributed by atoms with van der Waals surface area (Å²) in [4.78, 5) is 23.9. The Bertz CT molecular complexity index is 465. The van der Waals surface area contributed by atoms with Crippen LogP contribution in [0.1, 0.15) is 74.7 Å². The number of rotatable bonds is 10. The molecule has 1 aromatic carbocycles. The fourth-order valence-electron chi connectivity index (χ4n) is 2.41. The molecule has 0 aliphatic rings. The van der Waals surface area contributed by atoms with Crippen LogP contribution < -0.4 is 5.32 Å². The smallest absolute Gasteiger partial charge is 0.220 e. The van der Waals surface area contributed by atoms with Gasteiger partial charge in [0.2, 0.25) is 5.91 Å².